The number of hydrogen-bond acceptors (Lipinski definition) is 6. The molecule has 1 N–H and O–H groups in total. The number of nitrogens with zero attached hydrogens (tertiary/aromatic N) is 4. The fourth-order valence-corrected chi connectivity index (χ4v) is 3.32. The zero-order valence-corrected chi connectivity index (χ0v) is 18.0. The molecule has 0 amide bonds. The number of aryl methyl sites for hydroxylation is 1. The van der Waals surface area contributed by atoms with E-state index < -0.39 is 0 Å². The van der Waals surface area contributed by atoms with Gasteiger partial charge in [-0.15, -0.1) is 0 Å². The molecule has 0 spiro atoms. The van der Waals surface area contributed by atoms with Crippen molar-refractivity contribution < 1.29 is 9.47 Å². The molecule has 7 nitrogen and oxygen atoms in total. The standard InChI is InChI=1S/C19H21BrClN5O2/c1-3-7-26-19(23-24-25-26)22-11-14-9-17(27-2)18(10-16(14)20)28-12-13-5-4-6-15(21)8-13/h4-6,8-10H,3,7,11-12H2,1-2H3,(H,22,23,25). The van der Waals surface area contributed by atoms with E-state index in [0.717, 1.165) is 28.6 Å². The number of aromatic nitrogens is 4. The van der Waals surface area contributed by atoms with Gasteiger partial charge in [-0.2, -0.15) is 0 Å². The highest BCUT2D eigenvalue weighted by Crippen LogP contribution is 2.34. The van der Waals surface area contributed by atoms with Crippen molar-refractivity contribution in [1.82, 2.24) is 20.2 Å². The molecule has 0 saturated heterocycles. The average molecular weight is 467 g/mol. The molecule has 2 aromatic carbocycles. The van der Waals surface area contributed by atoms with Crippen LogP contribution >= 0.6 is 27.5 Å². The summed E-state index contributed by atoms with van der Waals surface area (Å²) in [6, 6.07) is 11.4. The van der Waals surface area contributed by atoms with Crippen LogP contribution in [0.3, 0.4) is 0 Å². The number of ether oxygens (including phenoxy) is 2. The van der Waals surface area contributed by atoms with Gasteiger partial charge in [0.25, 0.3) is 0 Å². The van der Waals surface area contributed by atoms with Crippen LogP contribution < -0.4 is 14.8 Å². The van der Waals surface area contributed by atoms with Crippen LogP contribution in [-0.4, -0.2) is 27.3 Å². The number of halogens is 2. The first-order chi connectivity index (χ1) is 13.6. The molecule has 28 heavy (non-hydrogen) atoms. The minimum atomic E-state index is 0.396. The molecule has 0 saturated carbocycles. The molecule has 148 valence electrons. The van der Waals surface area contributed by atoms with Crippen LogP contribution in [0, 0.1) is 0 Å². The Balaban J connectivity index is 1.71. The Morgan fingerprint density at radius 2 is 2.07 bits per heavy atom. The molecule has 1 aromatic heterocycles. The number of anilines is 1. The first kappa shape index (κ1) is 20.4. The molecule has 0 fully saturated rings. The first-order valence-corrected chi connectivity index (χ1v) is 10.0. The quantitative estimate of drug-likeness (QED) is 0.493. The van der Waals surface area contributed by atoms with Crippen LogP contribution in [0.4, 0.5) is 5.95 Å². The number of benzene rings is 2. The molecule has 0 aliphatic rings. The van der Waals surface area contributed by atoms with E-state index >= 15 is 0 Å². The lowest BCUT2D eigenvalue weighted by Crippen LogP contribution is -2.09. The maximum atomic E-state index is 6.03. The van der Waals surface area contributed by atoms with Gasteiger partial charge in [0.2, 0.25) is 5.95 Å². The van der Waals surface area contributed by atoms with Crippen molar-refractivity contribution >= 4 is 33.5 Å². The van der Waals surface area contributed by atoms with E-state index in [4.69, 9.17) is 21.1 Å². The van der Waals surface area contributed by atoms with Crippen molar-refractivity contribution in [3.63, 3.8) is 0 Å². The van der Waals surface area contributed by atoms with Crippen LogP contribution in [0.15, 0.2) is 40.9 Å². The third-order valence-electron chi connectivity index (χ3n) is 4.02. The van der Waals surface area contributed by atoms with Gasteiger partial charge in [0, 0.05) is 22.6 Å². The summed E-state index contributed by atoms with van der Waals surface area (Å²) < 4.78 is 14.1. The van der Waals surface area contributed by atoms with Gasteiger partial charge in [0.15, 0.2) is 11.5 Å². The van der Waals surface area contributed by atoms with E-state index in [1.54, 1.807) is 11.8 Å². The van der Waals surface area contributed by atoms with E-state index in [2.05, 4.69) is 43.7 Å². The second-order valence-electron chi connectivity index (χ2n) is 6.09. The number of hydrogen-bond donors (Lipinski definition) is 1. The molecule has 0 unspecified atom stereocenters. The molecular formula is C19H21BrClN5O2. The molecule has 0 atom stereocenters. The van der Waals surface area contributed by atoms with E-state index in [0.29, 0.717) is 35.6 Å². The minimum Gasteiger partial charge on any atom is -0.493 e. The number of rotatable bonds is 9. The van der Waals surface area contributed by atoms with Gasteiger partial charge < -0.3 is 14.8 Å². The van der Waals surface area contributed by atoms with Crippen LogP contribution in [0.5, 0.6) is 11.5 Å². The van der Waals surface area contributed by atoms with Crippen molar-refractivity contribution in [3.8, 4) is 11.5 Å². The second-order valence-corrected chi connectivity index (χ2v) is 7.38. The number of nitrogens with one attached hydrogen (secondary N) is 1. The lowest BCUT2D eigenvalue weighted by molar-refractivity contribution is 0.284. The van der Waals surface area contributed by atoms with Crippen LogP contribution in [0.2, 0.25) is 5.02 Å². The summed E-state index contributed by atoms with van der Waals surface area (Å²) in [6.45, 7) is 3.77. The van der Waals surface area contributed by atoms with Crippen LogP contribution in [-0.2, 0) is 19.7 Å². The molecule has 9 heteroatoms. The van der Waals surface area contributed by atoms with Gasteiger partial charge >= 0.3 is 0 Å². The summed E-state index contributed by atoms with van der Waals surface area (Å²) in [7, 11) is 1.62. The lowest BCUT2D eigenvalue weighted by Gasteiger charge is -2.15. The Labute approximate surface area is 177 Å². The number of tetrazole rings is 1. The Morgan fingerprint density at radius 3 is 2.82 bits per heavy atom. The minimum absolute atomic E-state index is 0.396. The Hall–Kier alpha value is -2.32. The van der Waals surface area contributed by atoms with E-state index in [1.807, 2.05) is 36.4 Å². The summed E-state index contributed by atoms with van der Waals surface area (Å²) >= 11 is 9.64. The Morgan fingerprint density at radius 1 is 1.21 bits per heavy atom. The Bertz CT molecular complexity index is 934. The van der Waals surface area contributed by atoms with Crippen molar-refractivity contribution in [2.24, 2.45) is 0 Å². The van der Waals surface area contributed by atoms with Crippen molar-refractivity contribution in [3.05, 3.63) is 57.0 Å². The van der Waals surface area contributed by atoms with Gasteiger partial charge in [-0.05, 0) is 52.2 Å². The van der Waals surface area contributed by atoms with Crippen LogP contribution in [0.1, 0.15) is 24.5 Å². The van der Waals surface area contributed by atoms with E-state index in [9.17, 15) is 0 Å². The molecule has 0 aliphatic carbocycles. The van der Waals surface area contributed by atoms with Gasteiger partial charge in [-0.3, -0.25) is 0 Å². The highest BCUT2D eigenvalue weighted by molar-refractivity contribution is 9.10. The van der Waals surface area contributed by atoms with Crippen molar-refractivity contribution in [2.75, 3.05) is 12.4 Å². The van der Waals surface area contributed by atoms with E-state index in [1.165, 1.54) is 0 Å². The van der Waals surface area contributed by atoms with Gasteiger partial charge in [0.1, 0.15) is 6.61 Å². The third-order valence-corrected chi connectivity index (χ3v) is 4.99. The average Bonchev–Trinajstić information content (AvgIpc) is 3.13. The smallest absolute Gasteiger partial charge is 0.243 e. The summed E-state index contributed by atoms with van der Waals surface area (Å²) in [5.41, 5.74) is 1.98. The Kier molecular flexibility index (Phi) is 7.11. The summed E-state index contributed by atoms with van der Waals surface area (Å²) in [4.78, 5) is 0. The first-order valence-electron chi connectivity index (χ1n) is 8.84. The largest absolute Gasteiger partial charge is 0.493 e. The maximum absolute atomic E-state index is 6.03. The zero-order chi connectivity index (χ0) is 19.9. The summed E-state index contributed by atoms with van der Waals surface area (Å²) in [6.07, 6.45) is 0.954. The zero-order valence-electron chi connectivity index (χ0n) is 15.7. The van der Waals surface area contributed by atoms with Crippen LogP contribution in [0.25, 0.3) is 0 Å². The molecule has 0 radical (unpaired) electrons. The highest BCUT2D eigenvalue weighted by atomic mass is 79.9. The van der Waals surface area contributed by atoms with Crippen molar-refractivity contribution in [2.45, 2.75) is 33.0 Å². The fourth-order valence-electron chi connectivity index (χ4n) is 2.64. The molecule has 3 rings (SSSR count). The molecule has 1 heterocycles. The topological polar surface area (TPSA) is 74.1 Å². The molecule has 3 aromatic rings. The van der Waals surface area contributed by atoms with Gasteiger partial charge in [-0.1, -0.05) is 51.7 Å². The highest BCUT2D eigenvalue weighted by Gasteiger charge is 2.12. The molecular weight excluding hydrogens is 446 g/mol. The van der Waals surface area contributed by atoms with Crippen molar-refractivity contribution in [1.29, 1.82) is 0 Å². The normalized spacial score (nSPS) is 10.7. The van der Waals surface area contributed by atoms with Gasteiger partial charge in [0.05, 0.1) is 7.11 Å². The fraction of sp³-hybridized carbons (Fsp3) is 0.316. The summed E-state index contributed by atoms with van der Waals surface area (Å²) in [5.74, 6) is 1.93. The summed E-state index contributed by atoms with van der Waals surface area (Å²) in [5, 5.41) is 15.6. The second kappa shape index (κ2) is 9.75. The monoisotopic (exact) mass is 465 g/mol. The predicted octanol–water partition coefficient (Wildman–Crippen LogP) is 4.70. The molecule has 0 aliphatic heterocycles. The van der Waals surface area contributed by atoms with E-state index in [-0.39, 0.29) is 0 Å². The lowest BCUT2D eigenvalue weighted by atomic mass is 10.2. The third kappa shape index (κ3) is 5.14. The predicted molar refractivity (Wildman–Crippen MR) is 112 cm³/mol. The SMILES string of the molecule is CCCn1nnnc1NCc1cc(OC)c(OCc2cccc(Cl)c2)cc1Br. The maximum Gasteiger partial charge on any atom is 0.243 e. The molecule has 0 bridgehead atoms. The van der Waals surface area contributed by atoms with Gasteiger partial charge in [-0.25, -0.2) is 4.68 Å². The number of methoxy groups -OCH3 is 1.